The lowest BCUT2D eigenvalue weighted by Gasteiger charge is -2.24. The molecule has 1 N–H and O–H groups in total. The second-order valence-corrected chi connectivity index (χ2v) is 11.1. The van der Waals surface area contributed by atoms with E-state index in [4.69, 9.17) is 4.74 Å². The van der Waals surface area contributed by atoms with Crippen LogP contribution in [-0.2, 0) is 15.3 Å². The Bertz CT molecular complexity index is 1620. The van der Waals surface area contributed by atoms with Crippen molar-refractivity contribution in [1.82, 2.24) is 10.2 Å². The zero-order valence-corrected chi connectivity index (χ0v) is 23.3. The molecule has 1 unspecified atom stereocenters. The Kier molecular flexibility index (Phi) is 8.71. The topological polar surface area (TPSA) is 92.6 Å². The zero-order chi connectivity index (χ0) is 28.8. The van der Waals surface area contributed by atoms with Crippen molar-refractivity contribution in [1.29, 1.82) is 0 Å². The Morgan fingerprint density at radius 1 is 1.07 bits per heavy atom. The van der Waals surface area contributed by atoms with E-state index in [9.17, 15) is 19.1 Å². The van der Waals surface area contributed by atoms with Crippen molar-refractivity contribution in [3.8, 4) is 5.75 Å². The lowest BCUT2D eigenvalue weighted by atomic mass is 9.95. The van der Waals surface area contributed by atoms with E-state index in [2.05, 4.69) is 16.8 Å². The SMILES string of the molecule is C=CCOc1ccc(C2C(C(=O)C=Cc3ccccc3)=C(O)C(=O)N2c2nnc(SCc3ccc(F)cc3)s2)cc1. The van der Waals surface area contributed by atoms with Gasteiger partial charge in [0.2, 0.25) is 5.13 Å². The second kappa shape index (κ2) is 12.8. The summed E-state index contributed by atoms with van der Waals surface area (Å²) < 4.78 is 19.4. The minimum atomic E-state index is -0.938. The first-order valence-corrected chi connectivity index (χ1v) is 14.3. The maximum atomic E-state index is 13.4. The molecular formula is C31H24FN3O4S2. The van der Waals surface area contributed by atoms with Gasteiger partial charge in [0.25, 0.3) is 5.91 Å². The number of halogens is 1. The van der Waals surface area contributed by atoms with Crippen LogP contribution < -0.4 is 9.64 Å². The number of hydrogen-bond donors (Lipinski definition) is 1. The number of allylic oxidation sites excluding steroid dienone is 1. The molecule has 3 aromatic carbocycles. The van der Waals surface area contributed by atoms with Crippen LogP contribution in [0.1, 0.15) is 22.7 Å². The van der Waals surface area contributed by atoms with E-state index < -0.39 is 23.5 Å². The fourth-order valence-electron chi connectivity index (χ4n) is 4.18. The summed E-state index contributed by atoms with van der Waals surface area (Å²) in [5.41, 5.74) is 2.23. The number of thioether (sulfide) groups is 1. The van der Waals surface area contributed by atoms with Gasteiger partial charge in [0.05, 0.1) is 11.6 Å². The van der Waals surface area contributed by atoms with Gasteiger partial charge in [-0.15, -0.1) is 10.2 Å². The average Bonchev–Trinajstić information content (AvgIpc) is 3.57. The van der Waals surface area contributed by atoms with Gasteiger partial charge in [-0.3, -0.25) is 14.5 Å². The Balaban J connectivity index is 1.45. The predicted octanol–water partition coefficient (Wildman–Crippen LogP) is 6.72. The van der Waals surface area contributed by atoms with Crippen molar-refractivity contribution in [2.24, 2.45) is 0 Å². The number of benzene rings is 3. The van der Waals surface area contributed by atoms with Crippen molar-refractivity contribution < 1.29 is 23.8 Å². The number of ether oxygens (including phenoxy) is 1. The number of amides is 1. The molecule has 1 atom stereocenters. The molecule has 0 fully saturated rings. The first-order chi connectivity index (χ1) is 19.9. The molecule has 0 saturated carbocycles. The van der Waals surface area contributed by atoms with Gasteiger partial charge in [0.15, 0.2) is 15.9 Å². The summed E-state index contributed by atoms with van der Waals surface area (Å²) in [5, 5.41) is 19.6. The van der Waals surface area contributed by atoms with Crippen LogP contribution in [0.15, 0.2) is 113 Å². The first-order valence-electron chi connectivity index (χ1n) is 12.5. The average molecular weight is 586 g/mol. The van der Waals surface area contributed by atoms with Gasteiger partial charge in [-0.25, -0.2) is 4.39 Å². The third kappa shape index (κ3) is 6.45. The van der Waals surface area contributed by atoms with Gasteiger partial charge in [-0.1, -0.05) is 96.4 Å². The van der Waals surface area contributed by atoms with E-state index in [0.717, 1.165) is 22.5 Å². The van der Waals surface area contributed by atoms with Gasteiger partial charge in [-0.05, 0) is 47.0 Å². The summed E-state index contributed by atoms with van der Waals surface area (Å²) in [4.78, 5) is 28.1. The van der Waals surface area contributed by atoms with E-state index in [1.807, 2.05) is 30.3 Å². The van der Waals surface area contributed by atoms with Crippen LogP contribution in [0.4, 0.5) is 9.52 Å². The zero-order valence-electron chi connectivity index (χ0n) is 21.6. The molecule has 5 rings (SSSR count). The lowest BCUT2D eigenvalue weighted by molar-refractivity contribution is -0.117. The number of nitrogens with zero attached hydrogens (tertiary/aromatic N) is 3. The smallest absolute Gasteiger partial charge is 0.296 e. The van der Waals surface area contributed by atoms with Crippen molar-refractivity contribution in [3.05, 3.63) is 131 Å². The van der Waals surface area contributed by atoms with E-state index >= 15 is 0 Å². The number of aromatic nitrogens is 2. The highest BCUT2D eigenvalue weighted by molar-refractivity contribution is 8.00. The molecule has 1 amide bonds. The molecule has 1 aliphatic rings. The Morgan fingerprint density at radius 3 is 2.51 bits per heavy atom. The van der Waals surface area contributed by atoms with Gasteiger partial charge >= 0.3 is 0 Å². The molecule has 0 spiro atoms. The van der Waals surface area contributed by atoms with Crippen molar-refractivity contribution >= 4 is 46.0 Å². The molecule has 0 saturated heterocycles. The van der Waals surface area contributed by atoms with Gasteiger partial charge in [-0.2, -0.15) is 0 Å². The first kappa shape index (κ1) is 28.0. The number of anilines is 1. The highest BCUT2D eigenvalue weighted by Crippen LogP contribution is 2.43. The number of aliphatic hydroxyl groups excluding tert-OH is 1. The normalized spacial score (nSPS) is 15.1. The summed E-state index contributed by atoms with van der Waals surface area (Å²) in [6.07, 6.45) is 4.60. The number of carbonyl (C=O) groups is 2. The van der Waals surface area contributed by atoms with Gasteiger partial charge in [0.1, 0.15) is 18.2 Å². The molecular weight excluding hydrogens is 561 g/mol. The fourth-order valence-corrected chi connectivity index (χ4v) is 6.00. The second-order valence-electron chi connectivity index (χ2n) is 8.88. The van der Waals surface area contributed by atoms with Crippen LogP contribution >= 0.6 is 23.1 Å². The summed E-state index contributed by atoms with van der Waals surface area (Å²) in [7, 11) is 0. The van der Waals surface area contributed by atoms with Crippen molar-refractivity contribution in [3.63, 3.8) is 0 Å². The highest BCUT2D eigenvalue weighted by Gasteiger charge is 2.45. The van der Waals surface area contributed by atoms with Crippen molar-refractivity contribution in [2.75, 3.05) is 11.5 Å². The van der Waals surface area contributed by atoms with E-state index in [1.165, 1.54) is 34.9 Å². The van der Waals surface area contributed by atoms with E-state index in [0.29, 0.717) is 28.0 Å². The quantitative estimate of drug-likeness (QED) is 0.0904. The molecule has 41 heavy (non-hydrogen) atoms. The summed E-state index contributed by atoms with van der Waals surface area (Å²) >= 11 is 2.55. The van der Waals surface area contributed by atoms with Crippen LogP contribution in [0, 0.1) is 5.82 Å². The molecule has 0 aliphatic carbocycles. The lowest BCUT2D eigenvalue weighted by Crippen LogP contribution is -2.30. The summed E-state index contributed by atoms with van der Waals surface area (Å²) in [6.45, 7) is 3.97. The predicted molar refractivity (Wildman–Crippen MR) is 158 cm³/mol. The van der Waals surface area contributed by atoms with Gasteiger partial charge < -0.3 is 9.84 Å². The maximum absolute atomic E-state index is 13.4. The standard InChI is InChI=1S/C31H24FN3O4S2/c1-2-18-39-24-15-11-22(12-16-24)27-26(25(36)17-10-20-6-4-3-5-7-20)28(37)29(38)35(27)30-33-34-31(41-30)40-19-21-8-13-23(32)14-9-21/h2-17,27,37H,1,18-19H2. The van der Waals surface area contributed by atoms with Crippen LogP contribution in [-0.4, -0.2) is 33.6 Å². The minimum absolute atomic E-state index is 0.0577. The Hall–Kier alpha value is -4.54. The highest BCUT2D eigenvalue weighted by atomic mass is 32.2. The molecule has 1 aliphatic heterocycles. The third-order valence-corrected chi connectivity index (χ3v) is 8.27. The molecule has 0 bridgehead atoms. The van der Waals surface area contributed by atoms with Crippen LogP contribution in [0.3, 0.4) is 0 Å². The summed E-state index contributed by atoms with van der Waals surface area (Å²) in [6, 6.07) is 21.4. The van der Waals surface area contributed by atoms with Crippen LogP contribution in [0.25, 0.3) is 6.08 Å². The largest absolute Gasteiger partial charge is 0.503 e. The molecule has 10 heteroatoms. The van der Waals surface area contributed by atoms with Crippen molar-refractivity contribution in [2.45, 2.75) is 16.1 Å². The molecule has 7 nitrogen and oxygen atoms in total. The summed E-state index contributed by atoms with van der Waals surface area (Å²) in [5.74, 6) is -1.09. The van der Waals surface area contributed by atoms with Crippen LogP contribution in [0.2, 0.25) is 0 Å². The maximum Gasteiger partial charge on any atom is 0.296 e. The Labute approximate surface area is 244 Å². The van der Waals surface area contributed by atoms with Gasteiger partial charge in [0, 0.05) is 5.75 Å². The Morgan fingerprint density at radius 2 is 1.80 bits per heavy atom. The molecule has 2 heterocycles. The number of ketones is 1. The van der Waals surface area contributed by atoms with Crippen LogP contribution in [0.5, 0.6) is 5.75 Å². The fraction of sp³-hybridized carbons (Fsp3) is 0.0968. The number of carbonyl (C=O) groups excluding carboxylic acids is 2. The minimum Gasteiger partial charge on any atom is -0.503 e. The van der Waals surface area contributed by atoms with E-state index in [1.54, 1.807) is 48.6 Å². The molecule has 1 aromatic heterocycles. The molecule has 4 aromatic rings. The number of rotatable bonds is 11. The monoisotopic (exact) mass is 585 g/mol. The molecule has 0 radical (unpaired) electrons. The van der Waals surface area contributed by atoms with E-state index in [-0.39, 0.29) is 16.5 Å². The number of aliphatic hydroxyl groups is 1. The molecule has 206 valence electrons. The number of hydrogen-bond acceptors (Lipinski definition) is 8. The third-order valence-electron chi connectivity index (χ3n) is 6.14.